The Balaban J connectivity index is 2.62. The molecule has 0 unspecified atom stereocenters. The molecule has 0 atom stereocenters. The number of carbonyl (C=O) groups excluding carboxylic acids is 1. The SMILES string of the molecule is Cc1cc(C(=O)C(F)(F)F)c(C)n1-c1ccccc1Cl. The lowest BCUT2D eigenvalue weighted by atomic mass is 10.1. The van der Waals surface area contributed by atoms with Gasteiger partial charge in [-0.25, -0.2) is 0 Å². The summed E-state index contributed by atoms with van der Waals surface area (Å²) in [6, 6.07) is 8.01. The van der Waals surface area contributed by atoms with Crippen LogP contribution < -0.4 is 0 Å². The van der Waals surface area contributed by atoms with Gasteiger partial charge in [-0.1, -0.05) is 23.7 Å². The minimum Gasteiger partial charge on any atom is -0.316 e. The fraction of sp³-hybridized carbons (Fsp3) is 0.214. The van der Waals surface area contributed by atoms with Crippen molar-refractivity contribution >= 4 is 17.4 Å². The van der Waals surface area contributed by atoms with Gasteiger partial charge in [0.05, 0.1) is 10.7 Å². The van der Waals surface area contributed by atoms with Crippen molar-refractivity contribution in [2.24, 2.45) is 0 Å². The highest BCUT2D eigenvalue weighted by molar-refractivity contribution is 6.32. The second kappa shape index (κ2) is 4.98. The van der Waals surface area contributed by atoms with Crippen molar-refractivity contribution in [1.82, 2.24) is 4.57 Å². The summed E-state index contributed by atoms with van der Waals surface area (Å²) in [6.45, 7) is 3.10. The lowest BCUT2D eigenvalue weighted by Gasteiger charge is -2.11. The predicted molar refractivity (Wildman–Crippen MR) is 70.6 cm³/mol. The van der Waals surface area contributed by atoms with E-state index in [0.717, 1.165) is 0 Å². The first-order valence-corrected chi connectivity index (χ1v) is 6.16. The molecule has 20 heavy (non-hydrogen) atoms. The van der Waals surface area contributed by atoms with E-state index in [1.165, 1.54) is 13.0 Å². The molecule has 0 spiro atoms. The van der Waals surface area contributed by atoms with E-state index in [4.69, 9.17) is 11.6 Å². The fourth-order valence-electron chi connectivity index (χ4n) is 2.15. The molecular formula is C14H11ClF3NO. The molecule has 2 nitrogen and oxygen atoms in total. The second-order valence-electron chi connectivity index (χ2n) is 4.40. The molecule has 0 bridgehead atoms. The van der Waals surface area contributed by atoms with Gasteiger partial charge in [0.2, 0.25) is 0 Å². The highest BCUT2D eigenvalue weighted by atomic mass is 35.5. The maximum atomic E-state index is 12.6. The van der Waals surface area contributed by atoms with Crippen molar-refractivity contribution in [2.45, 2.75) is 20.0 Å². The lowest BCUT2D eigenvalue weighted by molar-refractivity contribution is -0.0885. The molecule has 0 N–H and O–H groups in total. The highest BCUT2D eigenvalue weighted by Gasteiger charge is 2.41. The van der Waals surface area contributed by atoms with Gasteiger partial charge >= 0.3 is 6.18 Å². The van der Waals surface area contributed by atoms with Gasteiger partial charge < -0.3 is 4.57 Å². The summed E-state index contributed by atoms with van der Waals surface area (Å²) in [5.41, 5.74) is 0.932. The van der Waals surface area contributed by atoms with E-state index >= 15 is 0 Å². The first kappa shape index (κ1) is 14.7. The number of hydrogen-bond acceptors (Lipinski definition) is 1. The first-order valence-electron chi connectivity index (χ1n) is 5.79. The average Bonchev–Trinajstić information content (AvgIpc) is 2.64. The van der Waals surface area contributed by atoms with Gasteiger partial charge in [0.25, 0.3) is 5.78 Å². The predicted octanol–water partition coefficient (Wildman–Crippen LogP) is 4.49. The van der Waals surface area contributed by atoms with Crippen molar-refractivity contribution in [3.63, 3.8) is 0 Å². The van der Waals surface area contributed by atoms with Crippen molar-refractivity contribution in [1.29, 1.82) is 0 Å². The molecule has 0 amide bonds. The quantitative estimate of drug-likeness (QED) is 0.749. The van der Waals surface area contributed by atoms with Crippen LogP contribution in [0.15, 0.2) is 30.3 Å². The van der Waals surface area contributed by atoms with Crippen LogP contribution in [0, 0.1) is 13.8 Å². The van der Waals surface area contributed by atoms with E-state index in [9.17, 15) is 18.0 Å². The van der Waals surface area contributed by atoms with Gasteiger partial charge in [0.1, 0.15) is 0 Å². The number of aromatic nitrogens is 1. The Morgan fingerprint density at radius 1 is 1.20 bits per heavy atom. The molecule has 0 saturated carbocycles. The van der Waals surface area contributed by atoms with Gasteiger partial charge in [-0.2, -0.15) is 13.2 Å². The average molecular weight is 302 g/mol. The number of para-hydroxylation sites is 1. The van der Waals surface area contributed by atoms with Gasteiger partial charge in [0, 0.05) is 17.0 Å². The van der Waals surface area contributed by atoms with E-state index < -0.39 is 12.0 Å². The number of carbonyl (C=O) groups is 1. The number of rotatable bonds is 2. The van der Waals surface area contributed by atoms with E-state index in [1.807, 2.05) is 0 Å². The lowest BCUT2D eigenvalue weighted by Crippen LogP contribution is -2.23. The van der Waals surface area contributed by atoms with Gasteiger partial charge in [-0.15, -0.1) is 0 Å². The molecule has 0 saturated heterocycles. The molecule has 2 rings (SSSR count). The summed E-state index contributed by atoms with van der Waals surface area (Å²) >= 11 is 6.05. The Morgan fingerprint density at radius 2 is 1.80 bits per heavy atom. The molecule has 1 aromatic carbocycles. The number of alkyl halides is 3. The molecule has 1 aromatic heterocycles. The van der Waals surface area contributed by atoms with E-state index in [2.05, 4.69) is 0 Å². The van der Waals surface area contributed by atoms with Crippen LogP contribution >= 0.6 is 11.6 Å². The summed E-state index contributed by atoms with van der Waals surface area (Å²) in [4.78, 5) is 11.4. The van der Waals surface area contributed by atoms with Crippen molar-refractivity contribution in [3.8, 4) is 5.69 Å². The van der Waals surface area contributed by atoms with Crippen LogP contribution in [0.2, 0.25) is 5.02 Å². The second-order valence-corrected chi connectivity index (χ2v) is 4.81. The molecule has 1 heterocycles. The van der Waals surface area contributed by atoms with Crippen molar-refractivity contribution < 1.29 is 18.0 Å². The number of nitrogens with zero attached hydrogens (tertiary/aromatic N) is 1. The maximum absolute atomic E-state index is 12.6. The molecule has 0 radical (unpaired) electrons. The number of ketones is 1. The molecule has 0 aliphatic rings. The minimum atomic E-state index is -4.89. The van der Waals surface area contributed by atoms with Crippen LogP contribution in [0.3, 0.4) is 0 Å². The van der Waals surface area contributed by atoms with Gasteiger partial charge in [-0.3, -0.25) is 4.79 Å². The van der Waals surface area contributed by atoms with E-state index in [-0.39, 0.29) is 11.3 Å². The number of halogens is 4. The van der Waals surface area contributed by atoms with Crippen LogP contribution in [0.25, 0.3) is 5.69 Å². The van der Waals surface area contributed by atoms with Gasteiger partial charge in [0.15, 0.2) is 0 Å². The summed E-state index contributed by atoms with van der Waals surface area (Å²) in [7, 11) is 0. The van der Waals surface area contributed by atoms with Crippen LogP contribution in [0.4, 0.5) is 13.2 Å². The Bertz CT molecular complexity index is 674. The minimum absolute atomic E-state index is 0.220. The Labute approximate surface area is 118 Å². The van der Waals surface area contributed by atoms with E-state index in [1.54, 1.807) is 35.8 Å². The smallest absolute Gasteiger partial charge is 0.316 e. The standard InChI is InChI=1S/C14H11ClF3NO/c1-8-7-10(13(20)14(16,17)18)9(2)19(8)12-6-4-3-5-11(12)15/h3-7H,1-2H3. The number of hydrogen-bond donors (Lipinski definition) is 0. The summed E-state index contributed by atoms with van der Waals surface area (Å²) in [5, 5.41) is 0.403. The summed E-state index contributed by atoms with van der Waals surface area (Å²) in [6.07, 6.45) is -4.89. The third-order valence-electron chi connectivity index (χ3n) is 3.03. The number of aryl methyl sites for hydroxylation is 1. The number of benzene rings is 1. The van der Waals surface area contributed by atoms with Crippen LogP contribution in [0.1, 0.15) is 21.7 Å². The zero-order valence-electron chi connectivity index (χ0n) is 10.8. The Kier molecular flexibility index (Phi) is 3.65. The largest absolute Gasteiger partial charge is 0.454 e. The zero-order valence-corrected chi connectivity index (χ0v) is 11.5. The van der Waals surface area contributed by atoms with E-state index in [0.29, 0.717) is 16.4 Å². The topological polar surface area (TPSA) is 22.0 Å². The molecule has 0 fully saturated rings. The molecule has 2 aromatic rings. The first-order chi connectivity index (χ1) is 9.23. The molecule has 0 aliphatic heterocycles. The normalized spacial score (nSPS) is 11.7. The Hall–Kier alpha value is -1.75. The summed E-state index contributed by atoms with van der Waals surface area (Å²) < 4.78 is 39.2. The van der Waals surface area contributed by atoms with Crippen molar-refractivity contribution in [2.75, 3.05) is 0 Å². The fourth-order valence-corrected chi connectivity index (χ4v) is 2.37. The highest BCUT2D eigenvalue weighted by Crippen LogP contribution is 2.30. The zero-order chi connectivity index (χ0) is 15.1. The number of Topliss-reactive ketones (excluding diaryl/α,β-unsaturated/α-hetero) is 1. The van der Waals surface area contributed by atoms with Crippen molar-refractivity contribution in [3.05, 3.63) is 52.3 Å². The van der Waals surface area contributed by atoms with Crippen LogP contribution in [-0.2, 0) is 0 Å². The maximum Gasteiger partial charge on any atom is 0.454 e. The molecular weight excluding hydrogens is 291 g/mol. The molecule has 106 valence electrons. The molecule has 0 aliphatic carbocycles. The summed E-state index contributed by atoms with van der Waals surface area (Å²) in [5.74, 6) is -1.84. The molecule has 6 heteroatoms. The third-order valence-corrected chi connectivity index (χ3v) is 3.35. The monoisotopic (exact) mass is 301 g/mol. The van der Waals surface area contributed by atoms with Gasteiger partial charge in [-0.05, 0) is 32.0 Å². The van der Waals surface area contributed by atoms with Crippen LogP contribution in [-0.4, -0.2) is 16.5 Å². The third kappa shape index (κ3) is 2.45. The Morgan fingerprint density at radius 3 is 2.35 bits per heavy atom. The van der Waals surface area contributed by atoms with Crippen LogP contribution in [0.5, 0.6) is 0 Å².